The number of rotatable bonds is 4. The van der Waals surface area contributed by atoms with Crippen LogP contribution in [0.1, 0.15) is 0 Å². The molecule has 0 amide bonds. The molecule has 2 nitrogen and oxygen atoms in total. The summed E-state index contributed by atoms with van der Waals surface area (Å²) in [5.41, 5.74) is 0. The summed E-state index contributed by atoms with van der Waals surface area (Å²) in [4.78, 5) is 0. The molecule has 0 aliphatic carbocycles. The Balaban J connectivity index is 0.00000128. The fourth-order valence-electron chi connectivity index (χ4n) is 1.13. The number of hydrogen-bond donors (Lipinski definition) is 0. The molecule has 0 heterocycles. The van der Waals surface area contributed by atoms with Gasteiger partial charge in [0.2, 0.25) is 0 Å². The zero-order chi connectivity index (χ0) is 10.3. The zero-order valence-corrected chi connectivity index (χ0v) is 10.5. The summed E-state index contributed by atoms with van der Waals surface area (Å²) in [5, 5.41) is 0. The topological polar surface area (TPSA) is 18.5 Å². The minimum Gasteiger partial charge on any atom is -0.616 e. The summed E-state index contributed by atoms with van der Waals surface area (Å²) in [6.07, 6.45) is 0. The van der Waals surface area contributed by atoms with Gasteiger partial charge in [0.05, 0.1) is 11.5 Å². The first-order valence-electron chi connectivity index (χ1n) is 4.70. The highest BCUT2D eigenvalue weighted by atomic mass is 35.5. The van der Waals surface area contributed by atoms with Crippen molar-refractivity contribution >= 4 is 28.3 Å². The second-order valence-corrected chi connectivity index (χ2v) is 3.62. The van der Waals surface area contributed by atoms with Gasteiger partial charge in [-0.15, -0.1) is 12.4 Å². The first kappa shape index (κ1) is 12.9. The largest absolute Gasteiger partial charge is 0.881 e. The lowest BCUT2D eigenvalue weighted by Gasteiger charge is -2.07. The van der Waals surface area contributed by atoms with Crippen molar-refractivity contribution in [2.24, 2.45) is 0 Å². The van der Waals surface area contributed by atoms with E-state index in [-0.39, 0.29) is 12.4 Å². The Kier molecular flexibility index (Phi) is 5.81. The van der Waals surface area contributed by atoms with Gasteiger partial charge in [-0.05, 0) is 24.3 Å². The van der Waals surface area contributed by atoms with Gasteiger partial charge in [0, 0.05) is 0 Å². The monoisotopic (exact) mass is 249 g/mol. The smallest absolute Gasteiger partial charge is 0.616 e. The molecule has 4 heteroatoms. The molecule has 0 aromatic heterocycles. The number of hydrogen-bond acceptors (Lipinski definition) is 2. The Hall–Kier alpha value is -1.14. The van der Waals surface area contributed by atoms with Crippen molar-refractivity contribution in [2.45, 2.75) is 0 Å². The average molecular weight is 250 g/mol. The highest BCUT2D eigenvalue weighted by Gasteiger charge is 2.04. The van der Waals surface area contributed by atoms with E-state index in [1.807, 2.05) is 60.7 Å². The van der Waals surface area contributed by atoms with E-state index in [2.05, 4.69) is 0 Å². The van der Waals surface area contributed by atoms with E-state index in [4.69, 9.17) is 7.58 Å². The Morgan fingerprint density at radius 1 is 0.625 bits per heavy atom. The summed E-state index contributed by atoms with van der Waals surface area (Å²) >= 11 is -0.499. The molecule has 0 saturated heterocycles. The van der Waals surface area contributed by atoms with Crippen LogP contribution in [0.25, 0.3) is 0 Å². The fraction of sp³-hybridized carbons (Fsp3) is 0. The molecule has 2 aromatic carbocycles. The minimum atomic E-state index is -0.499. The molecule has 0 unspecified atom stereocenters. The van der Waals surface area contributed by atoms with Crippen molar-refractivity contribution in [1.82, 2.24) is 0 Å². The lowest BCUT2D eigenvalue weighted by molar-refractivity contribution is 0.459. The van der Waals surface area contributed by atoms with Gasteiger partial charge in [-0.1, -0.05) is 36.4 Å². The lowest BCUT2D eigenvalue weighted by Crippen LogP contribution is -2.10. The number of benzene rings is 2. The molecule has 0 saturated carbocycles. The molecule has 81 valence electrons. The first-order chi connectivity index (χ1) is 7.45. The van der Waals surface area contributed by atoms with Gasteiger partial charge < -0.3 is 7.58 Å². The molecular weight excluding hydrogens is 239 g/mol. The second kappa shape index (κ2) is 7.19. The van der Waals surface area contributed by atoms with E-state index in [9.17, 15) is 0 Å². The van der Waals surface area contributed by atoms with Crippen LogP contribution >= 0.6 is 12.4 Å². The average Bonchev–Trinajstić information content (AvgIpc) is 2.32. The maximum absolute atomic E-state index is 5.47. The summed E-state index contributed by atoms with van der Waals surface area (Å²) in [5.74, 6) is 1.70. The van der Waals surface area contributed by atoms with Gasteiger partial charge >= 0.3 is 15.9 Å². The van der Waals surface area contributed by atoms with Crippen LogP contribution in [0.3, 0.4) is 0 Å². The molecule has 2 rings (SSSR count). The van der Waals surface area contributed by atoms with Gasteiger partial charge in [0.25, 0.3) is 0 Å². The van der Waals surface area contributed by atoms with Gasteiger partial charge in [0.1, 0.15) is 0 Å². The molecule has 2 aromatic rings. The predicted octanol–water partition coefficient (Wildman–Crippen LogP) is 3.10. The van der Waals surface area contributed by atoms with Crippen LogP contribution < -0.4 is 7.58 Å². The summed E-state index contributed by atoms with van der Waals surface area (Å²) in [6.45, 7) is 0. The van der Waals surface area contributed by atoms with E-state index in [1.54, 1.807) is 0 Å². The molecule has 0 spiro atoms. The standard InChI is InChI=1S/2C6H6O.Al.ClH/c2*7-6-4-2-1-3-5-6;;/h2*1-5,7H;;1H/q;;+2;/p-2. The van der Waals surface area contributed by atoms with Crippen molar-refractivity contribution in [1.29, 1.82) is 0 Å². The lowest BCUT2D eigenvalue weighted by atomic mass is 10.3. The van der Waals surface area contributed by atoms with Crippen molar-refractivity contribution in [3.8, 4) is 11.5 Å². The number of halogens is 1. The van der Waals surface area contributed by atoms with Crippen molar-refractivity contribution in [2.75, 3.05) is 0 Å². The van der Waals surface area contributed by atoms with Crippen LogP contribution in [0.5, 0.6) is 11.5 Å². The second-order valence-electron chi connectivity index (χ2n) is 2.96. The van der Waals surface area contributed by atoms with E-state index in [0.717, 1.165) is 11.5 Å². The van der Waals surface area contributed by atoms with Crippen LogP contribution in [0, 0.1) is 0 Å². The molecule has 0 aliphatic heterocycles. The molecular formula is C12H11AlClO2. The van der Waals surface area contributed by atoms with Crippen molar-refractivity contribution in [3.63, 3.8) is 0 Å². The van der Waals surface area contributed by atoms with E-state index in [0.29, 0.717) is 0 Å². The Labute approximate surface area is 108 Å². The normalized spacial score (nSPS) is 8.75. The third-order valence-electron chi connectivity index (χ3n) is 1.85. The van der Waals surface area contributed by atoms with Crippen LogP contribution in [-0.4, -0.2) is 15.9 Å². The van der Waals surface area contributed by atoms with Gasteiger partial charge in [-0.25, -0.2) is 0 Å². The van der Waals surface area contributed by atoms with E-state index in [1.165, 1.54) is 0 Å². The van der Waals surface area contributed by atoms with Crippen LogP contribution in [0.15, 0.2) is 60.7 Å². The Morgan fingerprint density at radius 3 is 1.38 bits per heavy atom. The van der Waals surface area contributed by atoms with E-state index >= 15 is 0 Å². The SMILES string of the molecule is Cl.c1ccc([O][Al][O]c2ccccc2)cc1. The Morgan fingerprint density at radius 2 is 1.00 bits per heavy atom. The summed E-state index contributed by atoms with van der Waals surface area (Å²) in [7, 11) is 0. The maximum Gasteiger partial charge on any atom is 0.881 e. The van der Waals surface area contributed by atoms with Crippen LogP contribution in [-0.2, 0) is 0 Å². The maximum atomic E-state index is 5.47. The third kappa shape index (κ3) is 4.16. The third-order valence-corrected chi connectivity index (χ3v) is 2.59. The zero-order valence-electron chi connectivity index (χ0n) is 8.58. The quantitative estimate of drug-likeness (QED) is 0.776. The summed E-state index contributed by atoms with van der Waals surface area (Å²) < 4.78 is 10.9. The molecule has 0 bridgehead atoms. The molecule has 0 fully saturated rings. The van der Waals surface area contributed by atoms with Gasteiger partial charge in [0.15, 0.2) is 0 Å². The molecule has 1 radical (unpaired) electrons. The van der Waals surface area contributed by atoms with Crippen molar-refractivity contribution in [3.05, 3.63) is 60.7 Å². The van der Waals surface area contributed by atoms with Crippen molar-refractivity contribution < 1.29 is 7.58 Å². The van der Waals surface area contributed by atoms with Crippen LogP contribution in [0.2, 0.25) is 0 Å². The Bertz CT molecular complexity index is 355. The predicted molar refractivity (Wildman–Crippen MR) is 67.1 cm³/mol. The highest BCUT2D eigenvalue weighted by Crippen LogP contribution is 2.10. The molecule has 0 atom stereocenters. The highest BCUT2D eigenvalue weighted by molar-refractivity contribution is 6.20. The van der Waals surface area contributed by atoms with Crippen LogP contribution in [0.4, 0.5) is 0 Å². The van der Waals surface area contributed by atoms with Gasteiger partial charge in [-0.3, -0.25) is 0 Å². The fourth-order valence-corrected chi connectivity index (χ4v) is 1.72. The molecule has 0 aliphatic rings. The minimum absolute atomic E-state index is 0. The molecule has 0 N–H and O–H groups in total. The van der Waals surface area contributed by atoms with E-state index < -0.39 is 15.9 Å². The first-order valence-corrected chi connectivity index (χ1v) is 5.64. The molecule has 16 heavy (non-hydrogen) atoms. The summed E-state index contributed by atoms with van der Waals surface area (Å²) in [6, 6.07) is 19.4. The number of para-hydroxylation sites is 2. The van der Waals surface area contributed by atoms with Gasteiger partial charge in [-0.2, -0.15) is 0 Å².